The number of hydrogen-bond donors (Lipinski definition) is 4. The fraction of sp³-hybridized carbons (Fsp3) is 0.214. The van der Waals surface area contributed by atoms with Gasteiger partial charge in [-0.05, 0) is 18.6 Å². The van der Waals surface area contributed by atoms with Crippen molar-refractivity contribution in [3.05, 3.63) is 36.5 Å². The van der Waals surface area contributed by atoms with Gasteiger partial charge in [0.1, 0.15) is 6.04 Å². The Morgan fingerprint density at radius 2 is 2.05 bits per heavy atom. The van der Waals surface area contributed by atoms with Crippen molar-refractivity contribution in [1.82, 2.24) is 10.4 Å². The lowest BCUT2D eigenvalue weighted by Gasteiger charge is -2.16. The van der Waals surface area contributed by atoms with Gasteiger partial charge in [0.2, 0.25) is 5.91 Å². The zero-order valence-corrected chi connectivity index (χ0v) is 11.2. The van der Waals surface area contributed by atoms with E-state index in [0.29, 0.717) is 5.69 Å². The first kappa shape index (κ1) is 14.7. The maximum atomic E-state index is 11.1. The third-order valence-electron chi connectivity index (χ3n) is 2.99. The highest BCUT2D eigenvalue weighted by atomic mass is 16.4. The molecule has 0 aliphatic carbocycles. The summed E-state index contributed by atoms with van der Waals surface area (Å²) >= 11 is 0. The van der Waals surface area contributed by atoms with Crippen LogP contribution in [0.3, 0.4) is 0 Å². The van der Waals surface area contributed by atoms with Crippen LogP contribution in [-0.2, 0) is 9.59 Å². The maximum absolute atomic E-state index is 11.1. The molecule has 1 atom stereocenters. The second-order valence-electron chi connectivity index (χ2n) is 4.55. The molecule has 7 heteroatoms. The van der Waals surface area contributed by atoms with Gasteiger partial charge >= 0.3 is 5.97 Å². The molecule has 1 amide bonds. The molecule has 0 saturated carbocycles. The van der Waals surface area contributed by atoms with E-state index in [4.69, 9.17) is 10.8 Å². The number of benzene rings is 1. The van der Waals surface area contributed by atoms with E-state index in [1.165, 1.54) is 0 Å². The molecule has 0 aliphatic rings. The van der Waals surface area contributed by atoms with Crippen LogP contribution in [0.2, 0.25) is 0 Å². The van der Waals surface area contributed by atoms with Gasteiger partial charge in [0.25, 0.3) is 0 Å². The van der Waals surface area contributed by atoms with Crippen molar-refractivity contribution in [2.75, 3.05) is 5.43 Å². The van der Waals surface area contributed by atoms with Crippen LogP contribution in [0.25, 0.3) is 10.9 Å². The SMILES string of the molecule is NC(=O)CCC(NNc1cccc2cccnc12)C(=O)O. The molecule has 0 aliphatic heterocycles. The number of fused-ring (bicyclic) bond motifs is 1. The predicted molar refractivity (Wildman–Crippen MR) is 78.4 cm³/mol. The quantitative estimate of drug-likeness (QED) is 0.562. The van der Waals surface area contributed by atoms with Crippen LogP contribution in [0.4, 0.5) is 5.69 Å². The summed E-state index contributed by atoms with van der Waals surface area (Å²) in [5, 5.41) is 10.0. The van der Waals surface area contributed by atoms with E-state index in [-0.39, 0.29) is 12.8 Å². The molecular formula is C14H16N4O3. The molecule has 0 bridgehead atoms. The monoisotopic (exact) mass is 288 g/mol. The number of pyridine rings is 1. The average molecular weight is 288 g/mol. The van der Waals surface area contributed by atoms with Gasteiger partial charge in [0, 0.05) is 18.0 Å². The zero-order valence-electron chi connectivity index (χ0n) is 11.2. The molecule has 2 aromatic rings. The molecule has 1 aromatic carbocycles. The van der Waals surface area contributed by atoms with Crippen molar-refractivity contribution in [1.29, 1.82) is 0 Å². The van der Waals surface area contributed by atoms with Gasteiger partial charge in [0.05, 0.1) is 11.2 Å². The molecule has 5 N–H and O–H groups in total. The summed E-state index contributed by atoms with van der Waals surface area (Å²) in [5.74, 6) is -1.59. The van der Waals surface area contributed by atoms with Gasteiger partial charge in [-0.1, -0.05) is 18.2 Å². The van der Waals surface area contributed by atoms with Gasteiger partial charge in [-0.3, -0.25) is 14.6 Å². The summed E-state index contributed by atoms with van der Waals surface area (Å²) in [4.78, 5) is 26.1. The highest BCUT2D eigenvalue weighted by Crippen LogP contribution is 2.19. The fourth-order valence-corrected chi connectivity index (χ4v) is 1.91. The van der Waals surface area contributed by atoms with Crippen molar-refractivity contribution in [2.45, 2.75) is 18.9 Å². The number of nitrogens with zero attached hydrogens (tertiary/aromatic N) is 1. The van der Waals surface area contributed by atoms with Gasteiger partial charge < -0.3 is 16.3 Å². The van der Waals surface area contributed by atoms with E-state index in [2.05, 4.69) is 15.8 Å². The molecule has 1 aromatic heterocycles. The zero-order chi connectivity index (χ0) is 15.2. The fourth-order valence-electron chi connectivity index (χ4n) is 1.91. The topological polar surface area (TPSA) is 117 Å². The lowest BCUT2D eigenvalue weighted by Crippen LogP contribution is -2.41. The number of carbonyl (C=O) groups excluding carboxylic acids is 1. The van der Waals surface area contributed by atoms with Crippen LogP contribution in [0.1, 0.15) is 12.8 Å². The number of hydrazine groups is 1. The minimum atomic E-state index is -1.06. The number of carbonyl (C=O) groups is 2. The van der Waals surface area contributed by atoms with Crippen molar-refractivity contribution in [2.24, 2.45) is 5.73 Å². The summed E-state index contributed by atoms with van der Waals surface area (Å²) in [6.07, 6.45) is 1.77. The number of aromatic nitrogens is 1. The number of nitrogens with two attached hydrogens (primary N) is 1. The number of anilines is 1. The van der Waals surface area contributed by atoms with Crippen LogP contribution >= 0.6 is 0 Å². The number of primary amides is 1. The van der Waals surface area contributed by atoms with E-state index >= 15 is 0 Å². The normalized spacial score (nSPS) is 12.0. The first-order valence-electron chi connectivity index (χ1n) is 6.44. The van der Waals surface area contributed by atoms with E-state index in [1.54, 1.807) is 12.3 Å². The van der Waals surface area contributed by atoms with Gasteiger partial charge in [-0.25, -0.2) is 5.43 Å². The molecule has 7 nitrogen and oxygen atoms in total. The minimum Gasteiger partial charge on any atom is -0.480 e. The predicted octanol–water partition coefficient (Wildman–Crippen LogP) is 0.870. The first-order valence-corrected chi connectivity index (χ1v) is 6.44. The summed E-state index contributed by atoms with van der Waals surface area (Å²) in [6, 6.07) is 8.36. The van der Waals surface area contributed by atoms with Crippen molar-refractivity contribution in [3.8, 4) is 0 Å². The van der Waals surface area contributed by atoms with Crippen LogP contribution in [0.5, 0.6) is 0 Å². The number of carboxylic acids is 1. The molecule has 0 radical (unpaired) electrons. The van der Waals surface area contributed by atoms with Crippen LogP contribution < -0.4 is 16.6 Å². The molecule has 21 heavy (non-hydrogen) atoms. The minimum absolute atomic E-state index is 0.000561. The van der Waals surface area contributed by atoms with E-state index in [1.807, 2.05) is 24.3 Å². The Balaban J connectivity index is 2.08. The Labute approximate surface area is 121 Å². The Bertz CT molecular complexity index is 654. The van der Waals surface area contributed by atoms with E-state index in [9.17, 15) is 9.59 Å². The molecule has 0 spiro atoms. The Morgan fingerprint density at radius 3 is 2.76 bits per heavy atom. The van der Waals surface area contributed by atoms with Crippen LogP contribution in [-0.4, -0.2) is 28.0 Å². The van der Waals surface area contributed by atoms with Crippen molar-refractivity contribution >= 4 is 28.5 Å². The van der Waals surface area contributed by atoms with E-state index in [0.717, 1.165) is 10.9 Å². The molecule has 2 rings (SSSR count). The number of hydrogen-bond acceptors (Lipinski definition) is 5. The first-order chi connectivity index (χ1) is 10.1. The number of rotatable bonds is 7. The van der Waals surface area contributed by atoms with Crippen molar-refractivity contribution < 1.29 is 14.7 Å². The molecule has 0 saturated heterocycles. The highest BCUT2D eigenvalue weighted by molar-refractivity contribution is 5.90. The number of amides is 1. The molecule has 1 unspecified atom stereocenters. The largest absolute Gasteiger partial charge is 0.480 e. The Kier molecular flexibility index (Phi) is 4.68. The highest BCUT2D eigenvalue weighted by Gasteiger charge is 2.17. The molecule has 110 valence electrons. The number of para-hydroxylation sites is 1. The van der Waals surface area contributed by atoms with Crippen LogP contribution in [0.15, 0.2) is 36.5 Å². The Hall–Kier alpha value is -2.67. The Morgan fingerprint density at radius 1 is 1.29 bits per heavy atom. The number of aliphatic carboxylic acids is 1. The van der Waals surface area contributed by atoms with Gasteiger partial charge in [-0.15, -0.1) is 0 Å². The average Bonchev–Trinajstić information content (AvgIpc) is 2.46. The summed E-state index contributed by atoms with van der Waals surface area (Å²) < 4.78 is 0. The standard InChI is InChI=1S/C14H16N4O3/c15-12(19)7-6-11(14(20)21)18-17-10-5-1-3-9-4-2-8-16-13(9)10/h1-5,8,11,17-18H,6-7H2,(H2,15,19)(H,20,21). The van der Waals surface area contributed by atoms with E-state index < -0.39 is 17.9 Å². The summed E-state index contributed by atoms with van der Waals surface area (Å²) in [6.45, 7) is 0. The lowest BCUT2D eigenvalue weighted by molar-refractivity contribution is -0.139. The number of nitrogens with one attached hydrogen (secondary N) is 2. The third kappa shape index (κ3) is 3.90. The van der Waals surface area contributed by atoms with Gasteiger partial charge in [-0.2, -0.15) is 0 Å². The van der Waals surface area contributed by atoms with Crippen molar-refractivity contribution in [3.63, 3.8) is 0 Å². The summed E-state index contributed by atoms with van der Waals surface area (Å²) in [7, 11) is 0. The maximum Gasteiger partial charge on any atom is 0.322 e. The smallest absolute Gasteiger partial charge is 0.322 e. The molecule has 0 fully saturated rings. The summed E-state index contributed by atoms with van der Waals surface area (Å²) in [5.41, 5.74) is 12.0. The third-order valence-corrected chi connectivity index (χ3v) is 2.99. The molecule has 1 heterocycles. The second-order valence-corrected chi connectivity index (χ2v) is 4.55. The van der Waals surface area contributed by atoms with Gasteiger partial charge in [0.15, 0.2) is 0 Å². The number of carboxylic acid groups (broad SMARTS) is 1. The molecular weight excluding hydrogens is 272 g/mol. The second kappa shape index (κ2) is 6.67. The lowest BCUT2D eigenvalue weighted by atomic mass is 10.1. The van der Waals surface area contributed by atoms with Crippen LogP contribution in [0, 0.1) is 0 Å².